The molecule has 0 fully saturated rings. The first kappa shape index (κ1) is 19.4. The minimum Gasteiger partial charge on any atom is -0.455 e. The van der Waals surface area contributed by atoms with Crippen LogP contribution in [0.1, 0.15) is 54.0 Å². The van der Waals surface area contributed by atoms with Gasteiger partial charge < -0.3 is 9.73 Å². The summed E-state index contributed by atoms with van der Waals surface area (Å²) in [5, 5.41) is 2.84. The van der Waals surface area contributed by atoms with Crippen LogP contribution in [0.4, 0.5) is 0 Å². The number of aryl methyl sites for hydroxylation is 1. The zero-order valence-corrected chi connectivity index (χ0v) is 16.3. The molecule has 1 aliphatic rings. The standard InChI is InChI=1S/C21H25NO4S/c1-16-7-5-6-10-20(16)27(24,25)15-18-11-12-19(26-18)21(23)22-14-13-17-8-3-2-4-9-17/h5-8,10-12H,2-4,9,13-15H2,1H3,(H,22,23). The molecule has 5 nitrogen and oxygen atoms in total. The molecule has 0 bridgehead atoms. The zero-order valence-electron chi connectivity index (χ0n) is 15.5. The number of carbonyl (C=O) groups excluding carboxylic acids is 1. The van der Waals surface area contributed by atoms with E-state index in [0.717, 1.165) is 19.3 Å². The minimum atomic E-state index is -3.52. The van der Waals surface area contributed by atoms with Crippen molar-refractivity contribution in [2.24, 2.45) is 0 Å². The van der Waals surface area contributed by atoms with E-state index < -0.39 is 9.84 Å². The van der Waals surface area contributed by atoms with Crippen LogP contribution in [0.2, 0.25) is 0 Å². The molecule has 1 amide bonds. The van der Waals surface area contributed by atoms with Crippen molar-refractivity contribution in [3.8, 4) is 0 Å². The molecule has 1 aromatic carbocycles. The summed E-state index contributed by atoms with van der Waals surface area (Å²) in [6, 6.07) is 9.92. The normalized spacial score (nSPS) is 14.6. The first-order chi connectivity index (χ1) is 13.0. The second-order valence-electron chi connectivity index (χ2n) is 6.90. The number of allylic oxidation sites excluding steroid dienone is 1. The highest BCUT2D eigenvalue weighted by Gasteiger charge is 2.20. The molecule has 3 rings (SSSR count). The Kier molecular flexibility index (Phi) is 6.16. The van der Waals surface area contributed by atoms with E-state index in [0.29, 0.717) is 12.1 Å². The summed E-state index contributed by atoms with van der Waals surface area (Å²) in [5.41, 5.74) is 2.09. The van der Waals surface area contributed by atoms with Gasteiger partial charge >= 0.3 is 0 Å². The fraction of sp³-hybridized carbons (Fsp3) is 0.381. The molecule has 0 radical (unpaired) electrons. The first-order valence-electron chi connectivity index (χ1n) is 9.29. The van der Waals surface area contributed by atoms with E-state index >= 15 is 0 Å². The van der Waals surface area contributed by atoms with Gasteiger partial charge in [-0.25, -0.2) is 8.42 Å². The molecule has 1 N–H and O–H groups in total. The molecule has 0 saturated heterocycles. The molecule has 1 aliphatic carbocycles. The molecule has 27 heavy (non-hydrogen) atoms. The fourth-order valence-corrected chi connectivity index (χ4v) is 4.83. The Hall–Kier alpha value is -2.34. The van der Waals surface area contributed by atoms with Gasteiger partial charge in [0.25, 0.3) is 5.91 Å². The van der Waals surface area contributed by atoms with Crippen molar-refractivity contribution >= 4 is 15.7 Å². The third-order valence-corrected chi connectivity index (χ3v) is 6.56. The average molecular weight is 388 g/mol. The number of sulfone groups is 1. The van der Waals surface area contributed by atoms with Crippen LogP contribution < -0.4 is 5.32 Å². The average Bonchev–Trinajstić information content (AvgIpc) is 3.10. The Bertz CT molecular complexity index is 941. The molecule has 0 saturated carbocycles. The van der Waals surface area contributed by atoms with E-state index in [1.807, 2.05) is 0 Å². The van der Waals surface area contributed by atoms with Gasteiger partial charge in [-0.05, 0) is 62.8 Å². The topological polar surface area (TPSA) is 76.4 Å². The van der Waals surface area contributed by atoms with E-state index in [1.54, 1.807) is 37.3 Å². The maximum atomic E-state index is 12.6. The van der Waals surface area contributed by atoms with E-state index in [2.05, 4.69) is 11.4 Å². The van der Waals surface area contributed by atoms with Crippen molar-refractivity contribution in [1.29, 1.82) is 0 Å². The lowest BCUT2D eigenvalue weighted by atomic mass is 9.97. The molecule has 0 spiro atoms. The summed E-state index contributed by atoms with van der Waals surface area (Å²) in [7, 11) is -3.52. The maximum Gasteiger partial charge on any atom is 0.287 e. The molecule has 2 aromatic rings. The minimum absolute atomic E-state index is 0.141. The highest BCUT2D eigenvalue weighted by atomic mass is 32.2. The number of carbonyl (C=O) groups is 1. The summed E-state index contributed by atoms with van der Waals surface area (Å²) in [6.45, 7) is 2.32. The van der Waals surface area contributed by atoms with Crippen LogP contribution in [0.15, 0.2) is 57.4 Å². The Balaban J connectivity index is 1.58. The lowest BCUT2D eigenvalue weighted by Crippen LogP contribution is -2.24. The van der Waals surface area contributed by atoms with Crippen LogP contribution >= 0.6 is 0 Å². The SMILES string of the molecule is Cc1ccccc1S(=O)(=O)Cc1ccc(C(=O)NCCC2=CCCCC2)o1. The van der Waals surface area contributed by atoms with Crippen molar-refractivity contribution in [2.75, 3.05) is 6.54 Å². The molecule has 0 aliphatic heterocycles. The summed E-state index contributed by atoms with van der Waals surface area (Å²) in [4.78, 5) is 12.5. The molecular formula is C21H25NO4S. The molecule has 0 atom stereocenters. The summed E-state index contributed by atoms with van der Waals surface area (Å²) in [5.74, 6) is -0.176. The number of rotatable bonds is 7. The van der Waals surface area contributed by atoms with E-state index in [-0.39, 0.29) is 28.1 Å². The lowest BCUT2D eigenvalue weighted by molar-refractivity contribution is 0.0925. The van der Waals surface area contributed by atoms with Crippen molar-refractivity contribution in [2.45, 2.75) is 49.7 Å². The highest BCUT2D eigenvalue weighted by Crippen LogP contribution is 2.22. The third-order valence-electron chi connectivity index (χ3n) is 4.76. The molecule has 1 aromatic heterocycles. The van der Waals surface area contributed by atoms with Crippen LogP contribution in [0, 0.1) is 6.92 Å². The van der Waals surface area contributed by atoms with Gasteiger partial charge in [-0.3, -0.25) is 4.79 Å². The molecule has 144 valence electrons. The van der Waals surface area contributed by atoms with Gasteiger partial charge in [-0.15, -0.1) is 0 Å². The van der Waals surface area contributed by atoms with Crippen molar-refractivity contribution in [3.63, 3.8) is 0 Å². The predicted octanol–water partition coefficient (Wildman–Crippen LogP) is 4.18. The van der Waals surface area contributed by atoms with Crippen LogP contribution in [0.5, 0.6) is 0 Å². The third kappa shape index (κ3) is 5.10. The smallest absolute Gasteiger partial charge is 0.287 e. The fourth-order valence-electron chi connectivity index (χ4n) is 3.30. The van der Waals surface area contributed by atoms with Gasteiger partial charge in [0.15, 0.2) is 15.6 Å². The number of benzene rings is 1. The number of furan rings is 1. The van der Waals surface area contributed by atoms with Crippen LogP contribution in [-0.2, 0) is 15.6 Å². The second-order valence-corrected chi connectivity index (χ2v) is 8.86. The maximum absolute atomic E-state index is 12.6. The van der Waals surface area contributed by atoms with Crippen LogP contribution in [0.3, 0.4) is 0 Å². The molecular weight excluding hydrogens is 362 g/mol. The molecule has 1 heterocycles. The Morgan fingerprint density at radius 1 is 1.15 bits per heavy atom. The van der Waals surface area contributed by atoms with E-state index in [4.69, 9.17) is 4.42 Å². The Morgan fingerprint density at radius 3 is 2.70 bits per heavy atom. The second kappa shape index (κ2) is 8.57. The number of hydrogen-bond donors (Lipinski definition) is 1. The van der Waals surface area contributed by atoms with Gasteiger partial charge in [0.2, 0.25) is 0 Å². The number of nitrogens with one attached hydrogen (secondary N) is 1. The zero-order chi connectivity index (χ0) is 19.3. The van der Waals surface area contributed by atoms with Crippen molar-refractivity contribution < 1.29 is 17.6 Å². The van der Waals surface area contributed by atoms with Crippen molar-refractivity contribution in [1.82, 2.24) is 5.32 Å². The monoisotopic (exact) mass is 387 g/mol. The predicted molar refractivity (Wildman–Crippen MR) is 104 cm³/mol. The van der Waals surface area contributed by atoms with Gasteiger partial charge in [0.1, 0.15) is 11.5 Å². The lowest BCUT2D eigenvalue weighted by Gasteiger charge is -2.12. The number of amides is 1. The summed E-state index contributed by atoms with van der Waals surface area (Å²) in [6.07, 6.45) is 7.81. The largest absolute Gasteiger partial charge is 0.455 e. The Morgan fingerprint density at radius 2 is 1.96 bits per heavy atom. The molecule has 6 heteroatoms. The summed E-state index contributed by atoms with van der Waals surface area (Å²) < 4.78 is 30.6. The Labute approximate surface area is 160 Å². The van der Waals surface area contributed by atoms with E-state index in [9.17, 15) is 13.2 Å². The first-order valence-corrected chi connectivity index (χ1v) is 10.9. The number of hydrogen-bond acceptors (Lipinski definition) is 4. The van der Waals surface area contributed by atoms with Gasteiger partial charge in [-0.2, -0.15) is 0 Å². The van der Waals surface area contributed by atoms with E-state index in [1.165, 1.54) is 24.5 Å². The van der Waals surface area contributed by atoms with Crippen LogP contribution in [0.25, 0.3) is 0 Å². The van der Waals surface area contributed by atoms with Gasteiger partial charge in [0, 0.05) is 6.54 Å². The highest BCUT2D eigenvalue weighted by molar-refractivity contribution is 7.90. The summed E-state index contributed by atoms with van der Waals surface area (Å²) >= 11 is 0. The van der Waals surface area contributed by atoms with Crippen molar-refractivity contribution in [3.05, 3.63) is 65.1 Å². The van der Waals surface area contributed by atoms with Gasteiger partial charge in [-0.1, -0.05) is 29.8 Å². The van der Waals surface area contributed by atoms with Crippen LogP contribution in [-0.4, -0.2) is 20.9 Å². The molecule has 0 unspecified atom stereocenters. The quantitative estimate of drug-likeness (QED) is 0.723. The van der Waals surface area contributed by atoms with Gasteiger partial charge in [0.05, 0.1) is 4.90 Å².